The van der Waals surface area contributed by atoms with Crippen LogP contribution in [0.1, 0.15) is 22.3 Å². The van der Waals surface area contributed by atoms with Gasteiger partial charge in [-0.3, -0.25) is 4.79 Å². The Kier molecular flexibility index (Phi) is 2.57. The molecule has 0 aliphatic heterocycles. The van der Waals surface area contributed by atoms with E-state index in [9.17, 15) is 4.79 Å². The number of aromatic nitrogens is 1. The van der Waals surface area contributed by atoms with Crippen molar-refractivity contribution in [3.8, 4) is 11.1 Å². The van der Waals surface area contributed by atoms with Crippen LogP contribution in [0.15, 0.2) is 53.3 Å². The summed E-state index contributed by atoms with van der Waals surface area (Å²) in [4.78, 5) is 12.0. The van der Waals surface area contributed by atoms with Crippen LogP contribution in [0.25, 0.3) is 16.6 Å². The Morgan fingerprint density at radius 3 is 2.60 bits per heavy atom. The van der Waals surface area contributed by atoms with Crippen LogP contribution in [0.5, 0.6) is 0 Å². The van der Waals surface area contributed by atoms with Crippen LogP contribution < -0.4 is 0 Å². The van der Waals surface area contributed by atoms with E-state index in [1.807, 2.05) is 18.3 Å². The molecule has 98 valence electrons. The minimum Gasteiger partial charge on any atom is -0.322 e. The highest BCUT2D eigenvalue weighted by molar-refractivity contribution is 9.10. The predicted octanol–water partition coefficient (Wildman–Crippen LogP) is 4.50. The van der Waals surface area contributed by atoms with Gasteiger partial charge in [-0.15, -0.1) is 0 Å². The summed E-state index contributed by atoms with van der Waals surface area (Å²) in [6.07, 6.45) is 5.59. The highest BCUT2D eigenvalue weighted by Gasteiger charge is 2.23. The Morgan fingerprint density at radius 1 is 1.00 bits per heavy atom. The Bertz CT molecular complexity index is 830. The van der Waals surface area contributed by atoms with E-state index in [1.54, 1.807) is 0 Å². The normalized spacial score (nSPS) is 13.9. The van der Waals surface area contributed by atoms with Crippen molar-refractivity contribution < 1.29 is 4.79 Å². The summed E-state index contributed by atoms with van der Waals surface area (Å²) < 4.78 is 3.16. The second-order valence-corrected chi connectivity index (χ2v) is 6.04. The average Bonchev–Trinajstić information content (AvgIpc) is 2.84. The number of benzene rings is 1. The summed E-state index contributed by atoms with van der Waals surface area (Å²) in [5, 5.41) is 0. The van der Waals surface area contributed by atoms with Gasteiger partial charge in [-0.2, -0.15) is 0 Å². The number of carbonyl (C=O) groups is 1. The molecule has 1 aromatic carbocycles. The van der Waals surface area contributed by atoms with E-state index >= 15 is 0 Å². The highest BCUT2D eigenvalue weighted by atomic mass is 79.9. The molecule has 0 fully saturated rings. The molecule has 1 aliphatic carbocycles. The Labute approximate surface area is 125 Å². The molecule has 0 bridgehead atoms. The van der Waals surface area contributed by atoms with Gasteiger partial charge in [0, 0.05) is 34.4 Å². The molecular weight excluding hydrogens is 314 g/mol. The predicted molar refractivity (Wildman–Crippen MR) is 83.2 cm³/mol. The van der Waals surface area contributed by atoms with E-state index < -0.39 is 0 Å². The van der Waals surface area contributed by atoms with E-state index in [0.29, 0.717) is 6.42 Å². The first-order chi connectivity index (χ1) is 9.74. The molecule has 0 saturated heterocycles. The van der Waals surface area contributed by atoms with Crippen molar-refractivity contribution in [2.75, 3.05) is 0 Å². The van der Waals surface area contributed by atoms with Crippen LogP contribution in [0.3, 0.4) is 0 Å². The summed E-state index contributed by atoms with van der Waals surface area (Å²) >= 11 is 3.47. The molecule has 0 N–H and O–H groups in total. The van der Waals surface area contributed by atoms with Gasteiger partial charge in [-0.25, -0.2) is 0 Å². The van der Waals surface area contributed by atoms with Gasteiger partial charge in [-0.05, 0) is 41.8 Å². The van der Waals surface area contributed by atoms with Gasteiger partial charge >= 0.3 is 0 Å². The van der Waals surface area contributed by atoms with Crippen molar-refractivity contribution >= 4 is 27.2 Å². The molecule has 1 aliphatic rings. The van der Waals surface area contributed by atoms with Crippen LogP contribution >= 0.6 is 15.9 Å². The zero-order valence-electron chi connectivity index (χ0n) is 10.8. The largest absolute Gasteiger partial charge is 0.322 e. The molecule has 2 nitrogen and oxygen atoms in total. The first-order valence-electron chi connectivity index (χ1n) is 6.66. The van der Waals surface area contributed by atoms with Crippen LogP contribution in [0.2, 0.25) is 0 Å². The quantitative estimate of drug-likeness (QED) is 0.645. The number of hydrogen-bond acceptors (Lipinski definition) is 1. The third-order valence-corrected chi connectivity index (χ3v) is 4.49. The number of carbonyl (C=O) groups excluding carboxylic acids is 1. The van der Waals surface area contributed by atoms with Crippen molar-refractivity contribution in [2.24, 2.45) is 0 Å². The zero-order chi connectivity index (χ0) is 13.7. The molecule has 0 amide bonds. The molecule has 3 aromatic rings. The topological polar surface area (TPSA) is 21.5 Å². The maximum absolute atomic E-state index is 12.0. The van der Waals surface area contributed by atoms with Crippen molar-refractivity contribution in [2.45, 2.75) is 12.8 Å². The van der Waals surface area contributed by atoms with Gasteiger partial charge in [0.15, 0.2) is 5.78 Å². The van der Waals surface area contributed by atoms with Crippen molar-refractivity contribution in [3.05, 3.63) is 64.4 Å². The smallest absolute Gasteiger partial charge is 0.165 e. The number of halogens is 1. The molecule has 0 atom stereocenters. The highest BCUT2D eigenvalue weighted by Crippen LogP contribution is 2.35. The summed E-state index contributed by atoms with van der Waals surface area (Å²) in [6.45, 7) is 0. The van der Waals surface area contributed by atoms with E-state index in [1.165, 1.54) is 16.7 Å². The van der Waals surface area contributed by atoms with Crippen LogP contribution in [-0.4, -0.2) is 10.2 Å². The molecular formula is C17H12BrNO. The van der Waals surface area contributed by atoms with Crippen molar-refractivity contribution in [1.29, 1.82) is 0 Å². The van der Waals surface area contributed by atoms with Gasteiger partial charge in [0.1, 0.15) is 0 Å². The average molecular weight is 326 g/mol. The molecule has 0 spiro atoms. The molecule has 4 rings (SSSR count). The van der Waals surface area contributed by atoms with Gasteiger partial charge < -0.3 is 4.40 Å². The molecule has 0 unspecified atom stereocenters. The Morgan fingerprint density at radius 2 is 1.80 bits per heavy atom. The van der Waals surface area contributed by atoms with Gasteiger partial charge in [-0.1, -0.05) is 28.1 Å². The Hall–Kier alpha value is -1.87. The lowest BCUT2D eigenvalue weighted by Gasteiger charge is -2.13. The fourth-order valence-corrected chi connectivity index (χ4v) is 3.29. The second-order valence-electron chi connectivity index (χ2n) is 5.13. The van der Waals surface area contributed by atoms with Crippen molar-refractivity contribution in [3.63, 3.8) is 0 Å². The summed E-state index contributed by atoms with van der Waals surface area (Å²) in [6, 6.07) is 12.2. The van der Waals surface area contributed by atoms with E-state index in [0.717, 1.165) is 22.0 Å². The lowest BCUT2D eigenvalue weighted by molar-refractivity contribution is 0.0981. The minimum atomic E-state index is 0.253. The molecule has 2 heterocycles. The molecule has 0 radical (unpaired) electrons. The number of Topliss-reactive ketones (excluding diaryl/α,β-unsaturated/α-hetero) is 1. The van der Waals surface area contributed by atoms with E-state index in [2.05, 4.69) is 50.8 Å². The number of ketones is 1. The van der Waals surface area contributed by atoms with Gasteiger partial charge in [0.2, 0.25) is 0 Å². The standard InChI is InChI=1S/C17H12BrNO/c18-12-5-3-11(4-6-12)15-10-19-9-1-2-14-16(20)8-7-13(15)17(14)19/h1-6,9-10H,7-8H2. The third kappa shape index (κ3) is 1.66. The molecule has 3 heteroatoms. The number of nitrogens with zero attached hydrogens (tertiary/aromatic N) is 1. The Balaban J connectivity index is 2.03. The molecule has 20 heavy (non-hydrogen) atoms. The fourth-order valence-electron chi connectivity index (χ4n) is 3.02. The van der Waals surface area contributed by atoms with E-state index in [4.69, 9.17) is 0 Å². The first kappa shape index (κ1) is 11.9. The lowest BCUT2D eigenvalue weighted by atomic mass is 9.91. The SMILES string of the molecule is O=C1CCc2c(-c3ccc(Br)cc3)cn3cccc1c23. The lowest BCUT2D eigenvalue weighted by Crippen LogP contribution is -2.09. The first-order valence-corrected chi connectivity index (χ1v) is 7.45. The summed E-state index contributed by atoms with van der Waals surface area (Å²) in [7, 11) is 0. The fraction of sp³-hybridized carbons (Fsp3) is 0.118. The zero-order valence-corrected chi connectivity index (χ0v) is 12.4. The molecule has 0 saturated carbocycles. The van der Waals surface area contributed by atoms with Gasteiger partial charge in [0.25, 0.3) is 0 Å². The monoisotopic (exact) mass is 325 g/mol. The molecule has 2 aromatic heterocycles. The minimum absolute atomic E-state index is 0.253. The maximum atomic E-state index is 12.0. The second kappa shape index (κ2) is 4.32. The van der Waals surface area contributed by atoms with Crippen molar-refractivity contribution in [1.82, 2.24) is 4.40 Å². The third-order valence-electron chi connectivity index (χ3n) is 3.96. The van der Waals surface area contributed by atoms with E-state index in [-0.39, 0.29) is 5.78 Å². The van der Waals surface area contributed by atoms with Crippen LogP contribution in [0, 0.1) is 0 Å². The van der Waals surface area contributed by atoms with Gasteiger partial charge in [0.05, 0.1) is 5.52 Å². The number of hydrogen-bond donors (Lipinski definition) is 0. The summed E-state index contributed by atoms with van der Waals surface area (Å²) in [5.74, 6) is 0.253. The van der Waals surface area contributed by atoms with Crippen LogP contribution in [-0.2, 0) is 6.42 Å². The number of rotatable bonds is 1. The van der Waals surface area contributed by atoms with Crippen LogP contribution in [0.4, 0.5) is 0 Å². The number of pyridine rings is 1. The maximum Gasteiger partial charge on any atom is 0.165 e. The summed E-state index contributed by atoms with van der Waals surface area (Å²) in [5.41, 5.74) is 5.67. The number of aryl methyl sites for hydroxylation is 1.